The second-order valence-corrected chi connectivity index (χ2v) is 5.43. The molecule has 98 valence electrons. The van der Waals surface area contributed by atoms with Crippen LogP contribution < -0.4 is 5.32 Å². The SMILES string of the molecule is Cc1cc(Cl)nc(Cl)c1NC(=O)c1cncc(Br)c1. The van der Waals surface area contributed by atoms with Gasteiger partial charge in [-0.1, -0.05) is 23.2 Å². The third kappa shape index (κ3) is 3.43. The van der Waals surface area contributed by atoms with E-state index in [4.69, 9.17) is 23.2 Å². The molecule has 0 unspecified atom stereocenters. The average Bonchev–Trinajstić information content (AvgIpc) is 2.33. The fraction of sp³-hybridized carbons (Fsp3) is 0.0833. The summed E-state index contributed by atoms with van der Waals surface area (Å²) in [5.74, 6) is -0.317. The molecule has 4 nitrogen and oxygen atoms in total. The van der Waals surface area contributed by atoms with Crippen LogP contribution in [0, 0.1) is 6.92 Å². The average molecular weight is 361 g/mol. The van der Waals surface area contributed by atoms with Crippen molar-refractivity contribution in [3.05, 3.63) is 50.4 Å². The number of amides is 1. The molecule has 0 saturated heterocycles. The smallest absolute Gasteiger partial charge is 0.257 e. The lowest BCUT2D eigenvalue weighted by Crippen LogP contribution is -2.14. The number of aryl methyl sites for hydroxylation is 1. The van der Waals surface area contributed by atoms with Gasteiger partial charge in [-0.2, -0.15) is 0 Å². The standard InChI is InChI=1S/C12H8BrCl2N3O/c1-6-2-9(14)17-11(15)10(6)18-12(19)7-3-8(13)5-16-4-7/h2-5H,1H3,(H,18,19). The third-order valence-electron chi connectivity index (χ3n) is 2.35. The highest BCUT2D eigenvalue weighted by Gasteiger charge is 2.13. The minimum atomic E-state index is -0.317. The lowest BCUT2D eigenvalue weighted by Gasteiger charge is -2.10. The summed E-state index contributed by atoms with van der Waals surface area (Å²) in [5, 5.41) is 3.13. The van der Waals surface area contributed by atoms with Crippen molar-refractivity contribution in [2.24, 2.45) is 0 Å². The van der Waals surface area contributed by atoms with E-state index in [0.29, 0.717) is 11.3 Å². The second kappa shape index (κ2) is 5.86. The Kier molecular flexibility index (Phi) is 4.39. The molecule has 0 aliphatic rings. The van der Waals surface area contributed by atoms with Crippen LogP contribution >= 0.6 is 39.1 Å². The lowest BCUT2D eigenvalue weighted by molar-refractivity contribution is 0.102. The molecule has 2 aromatic heterocycles. The van der Waals surface area contributed by atoms with E-state index >= 15 is 0 Å². The number of nitrogens with one attached hydrogen (secondary N) is 1. The number of nitrogens with zero attached hydrogens (tertiary/aromatic N) is 2. The Labute approximate surface area is 128 Å². The summed E-state index contributed by atoms with van der Waals surface area (Å²) in [5.41, 5.74) is 1.59. The summed E-state index contributed by atoms with van der Waals surface area (Å²) in [6, 6.07) is 3.29. The molecule has 0 atom stereocenters. The van der Waals surface area contributed by atoms with Gasteiger partial charge in [0.05, 0.1) is 11.3 Å². The van der Waals surface area contributed by atoms with Gasteiger partial charge in [-0.25, -0.2) is 4.98 Å². The van der Waals surface area contributed by atoms with Crippen molar-refractivity contribution in [3.63, 3.8) is 0 Å². The normalized spacial score (nSPS) is 10.3. The maximum atomic E-state index is 12.1. The van der Waals surface area contributed by atoms with E-state index < -0.39 is 0 Å². The number of rotatable bonds is 2. The molecule has 1 amide bonds. The van der Waals surface area contributed by atoms with Crippen molar-refractivity contribution < 1.29 is 4.79 Å². The first-order valence-corrected chi connectivity index (χ1v) is 6.77. The zero-order valence-corrected chi connectivity index (χ0v) is 12.8. The molecule has 0 radical (unpaired) electrons. The molecule has 0 bridgehead atoms. The van der Waals surface area contributed by atoms with Crippen LogP contribution in [-0.2, 0) is 0 Å². The quantitative estimate of drug-likeness (QED) is 0.820. The molecule has 2 rings (SSSR count). The van der Waals surface area contributed by atoms with Crippen molar-refractivity contribution in [2.45, 2.75) is 6.92 Å². The molecule has 0 saturated carbocycles. The van der Waals surface area contributed by atoms with E-state index in [2.05, 4.69) is 31.2 Å². The maximum Gasteiger partial charge on any atom is 0.257 e. The Morgan fingerprint density at radius 2 is 2.05 bits per heavy atom. The van der Waals surface area contributed by atoms with Gasteiger partial charge in [0.2, 0.25) is 0 Å². The Hall–Kier alpha value is -1.17. The first kappa shape index (κ1) is 14.2. The van der Waals surface area contributed by atoms with E-state index in [9.17, 15) is 4.79 Å². The van der Waals surface area contributed by atoms with Crippen LogP contribution in [0.15, 0.2) is 29.0 Å². The van der Waals surface area contributed by atoms with E-state index in [-0.39, 0.29) is 16.2 Å². The molecule has 0 aromatic carbocycles. The number of carbonyl (C=O) groups excluding carboxylic acids is 1. The number of hydrogen-bond donors (Lipinski definition) is 1. The Bertz CT molecular complexity index is 626. The van der Waals surface area contributed by atoms with E-state index in [1.54, 1.807) is 25.3 Å². The van der Waals surface area contributed by atoms with Gasteiger partial charge in [0.1, 0.15) is 5.15 Å². The molecule has 0 spiro atoms. The molecule has 2 heterocycles. The summed E-state index contributed by atoms with van der Waals surface area (Å²) in [7, 11) is 0. The lowest BCUT2D eigenvalue weighted by atomic mass is 10.2. The number of anilines is 1. The summed E-state index contributed by atoms with van der Waals surface area (Å²) in [6.45, 7) is 1.79. The first-order chi connectivity index (χ1) is 8.97. The summed E-state index contributed by atoms with van der Waals surface area (Å²) < 4.78 is 0.720. The van der Waals surface area contributed by atoms with Gasteiger partial charge in [-0.15, -0.1) is 0 Å². The molecule has 1 N–H and O–H groups in total. The van der Waals surface area contributed by atoms with Crippen LogP contribution in [-0.4, -0.2) is 15.9 Å². The van der Waals surface area contributed by atoms with E-state index in [1.165, 1.54) is 6.20 Å². The first-order valence-electron chi connectivity index (χ1n) is 5.22. The van der Waals surface area contributed by atoms with Gasteiger partial charge in [-0.05, 0) is 40.5 Å². The number of pyridine rings is 2. The van der Waals surface area contributed by atoms with Gasteiger partial charge in [0, 0.05) is 16.9 Å². The fourth-order valence-electron chi connectivity index (χ4n) is 1.47. The van der Waals surface area contributed by atoms with Crippen LogP contribution in [0.1, 0.15) is 15.9 Å². The van der Waals surface area contributed by atoms with Gasteiger partial charge in [-0.3, -0.25) is 9.78 Å². The van der Waals surface area contributed by atoms with Gasteiger partial charge < -0.3 is 5.32 Å². The Morgan fingerprint density at radius 3 is 2.68 bits per heavy atom. The number of carbonyl (C=O) groups is 1. The van der Waals surface area contributed by atoms with Crippen LogP contribution in [0.25, 0.3) is 0 Å². The Morgan fingerprint density at radius 1 is 1.32 bits per heavy atom. The van der Waals surface area contributed by atoms with E-state index in [0.717, 1.165) is 10.0 Å². The Balaban J connectivity index is 2.29. The van der Waals surface area contributed by atoms with Crippen LogP contribution in [0.5, 0.6) is 0 Å². The topological polar surface area (TPSA) is 54.9 Å². The molecule has 0 fully saturated rings. The van der Waals surface area contributed by atoms with Gasteiger partial charge >= 0.3 is 0 Å². The van der Waals surface area contributed by atoms with Crippen molar-refractivity contribution in [1.29, 1.82) is 0 Å². The van der Waals surface area contributed by atoms with Gasteiger partial charge in [0.25, 0.3) is 5.91 Å². The molecule has 19 heavy (non-hydrogen) atoms. The maximum absolute atomic E-state index is 12.1. The van der Waals surface area contributed by atoms with E-state index in [1.807, 2.05) is 0 Å². The zero-order chi connectivity index (χ0) is 14.0. The summed E-state index contributed by atoms with van der Waals surface area (Å²) in [4.78, 5) is 19.9. The predicted molar refractivity (Wildman–Crippen MR) is 78.9 cm³/mol. The fourth-order valence-corrected chi connectivity index (χ4v) is 2.41. The zero-order valence-electron chi connectivity index (χ0n) is 9.75. The largest absolute Gasteiger partial charge is 0.319 e. The minimum Gasteiger partial charge on any atom is -0.319 e. The summed E-state index contributed by atoms with van der Waals surface area (Å²) >= 11 is 15.0. The second-order valence-electron chi connectivity index (χ2n) is 3.77. The molecule has 7 heteroatoms. The molecule has 0 aliphatic heterocycles. The number of halogens is 3. The predicted octanol–water partition coefficient (Wildman–Crippen LogP) is 4.11. The van der Waals surface area contributed by atoms with Crippen molar-refractivity contribution in [1.82, 2.24) is 9.97 Å². The van der Waals surface area contributed by atoms with Crippen molar-refractivity contribution in [2.75, 3.05) is 5.32 Å². The highest BCUT2D eigenvalue weighted by Crippen LogP contribution is 2.27. The van der Waals surface area contributed by atoms with Crippen LogP contribution in [0.3, 0.4) is 0 Å². The van der Waals surface area contributed by atoms with Crippen molar-refractivity contribution in [3.8, 4) is 0 Å². The van der Waals surface area contributed by atoms with Crippen LogP contribution in [0.2, 0.25) is 10.3 Å². The molecule has 0 aliphatic carbocycles. The summed E-state index contributed by atoms with van der Waals surface area (Å²) in [6.07, 6.45) is 3.06. The number of hydrogen-bond acceptors (Lipinski definition) is 3. The highest BCUT2D eigenvalue weighted by molar-refractivity contribution is 9.10. The van der Waals surface area contributed by atoms with Gasteiger partial charge in [0.15, 0.2) is 5.15 Å². The monoisotopic (exact) mass is 359 g/mol. The van der Waals surface area contributed by atoms with Crippen molar-refractivity contribution >= 4 is 50.7 Å². The third-order valence-corrected chi connectivity index (χ3v) is 3.25. The van der Waals surface area contributed by atoms with Crippen LogP contribution in [0.4, 0.5) is 5.69 Å². The molecular formula is C12H8BrCl2N3O. The molecule has 2 aromatic rings. The number of aromatic nitrogens is 2. The highest BCUT2D eigenvalue weighted by atomic mass is 79.9. The molecular weight excluding hydrogens is 353 g/mol. The minimum absolute atomic E-state index is 0.154.